The summed E-state index contributed by atoms with van der Waals surface area (Å²) in [5.74, 6) is 0.695. The molecule has 0 saturated carbocycles. The minimum Gasteiger partial charge on any atom is -0.496 e. The molecule has 0 atom stereocenters. The van der Waals surface area contributed by atoms with Gasteiger partial charge >= 0.3 is 0 Å². The van der Waals surface area contributed by atoms with Gasteiger partial charge in [-0.05, 0) is 37.1 Å². The van der Waals surface area contributed by atoms with Gasteiger partial charge in [-0.1, -0.05) is 30.3 Å². The van der Waals surface area contributed by atoms with Crippen LogP contribution >= 0.6 is 11.3 Å². The number of likely N-dealkylation sites (tertiary alicyclic amines) is 1. The predicted octanol–water partition coefficient (Wildman–Crippen LogP) is 3.67. The van der Waals surface area contributed by atoms with Crippen molar-refractivity contribution in [3.63, 3.8) is 0 Å². The van der Waals surface area contributed by atoms with Gasteiger partial charge in [0, 0.05) is 30.8 Å². The summed E-state index contributed by atoms with van der Waals surface area (Å²) in [6.07, 6.45) is 5.12. The molecular formula is C24H25N3O3S. The summed E-state index contributed by atoms with van der Waals surface area (Å²) in [6.45, 7) is 1.28. The first-order valence-electron chi connectivity index (χ1n) is 10.4. The maximum atomic E-state index is 12.7. The zero-order valence-corrected chi connectivity index (χ0v) is 18.2. The van der Waals surface area contributed by atoms with Gasteiger partial charge in [0.2, 0.25) is 11.8 Å². The lowest BCUT2D eigenvalue weighted by Crippen LogP contribution is -2.46. The molecular weight excluding hydrogens is 410 g/mol. The number of methoxy groups -OCH3 is 1. The van der Waals surface area contributed by atoms with Crippen LogP contribution in [-0.4, -0.2) is 47.9 Å². The monoisotopic (exact) mass is 435 g/mol. The van der Waals surface area contributed by atoms with Crippen LogP contribution in [0, 0.1) is 0 Å². The lowest BCUT2D eigenvalue weighted by Gasteiger charge is -2.32. The van der Waals surface area contributed by atoms with E-state index in [0.29, 0.717) is 19.5 Å². The number of hydrogen-bond acceptors (Lipinski definition) is 5. The third kappa shape index (κ3) is 5.30. The number of fused-ring (bicyclic) bond motifs is 1. The smallest absolute Gasteiger partial charge is 0.244 e. The molecule has 31 heavy (non-hydrogen) atoms. The van der Waals surface area contributed by atoms with Gasteiger partial charge in [0.1, 0.15) is 10.8 Å². The fourth-order valence-corrected chi connectivity index (χ4v) is 4.62. The van der Waals surface area contributed by atoms with Crippen LogP contribution in [0.3, 0.4) is 0 Å². The number of nitrogens with one attached hydrogen (secondary N) is 1. The third-order valence-electron chi connectivity index (χ3n) is 5.42. The molecule has 1 N–H and O–H groups in total. The Hall–Kier alpha value is -3.19. The highest BCUT2D eigenvalue weighted by Crippen LogP contribution is 2.22. The summed E-state index contributed by atoms with van der Waals surface area (Å²) in [4.78, 5) is 31.3. The summed E-state index contributed by atoms with van der Waals surface area (Å²) in [5.41, 5.74) is 1.84. The van der Waals surface area contributed by atoms with Crippen molar-refractivity contribution in [2.75, 3.05) is 20.2 Å². The molecule has 1 saturated heterocycles. The predicted molar refractivity (Wildman–Crippen MR) is 123 cm³/mol. The Kier molecular flexibility index (Phi) is 6.62. The van der Waals surface area contributed by atoms with E-state index in [0.717, 1.165) is 39.4 Å². The number of carbonyl (C=O) groups excluding carboxylic acids is 2. The van der Waals surface area contributed by atoms with Crippen LogP contribution in [0.1, 0.15) is 23.4 Å². The number of aromatic nitrogens is 1. The highest BCUT2D eigenvalue weighted by Gasteiger charge is 2.24. The van der Waals surface area contributed by atoms with Gasteiger partial charge in [0.15, 0.2) is 0 Å². The van der Waals surface area contributed by atoms with Crippen molar-refractivity contribution < 1.29 is 14.3 Å². The lowest BCUT2D eigenvalue weighted by molar-refractivity contribution is -0.131. The molecule has 0 radical (unpaired) electrons. The zero-order valence-electron chi connectivity index (χ0n) is 17.4. The molecule has 0 unspecified atom stereocenters. The maximum absolute atomic E-state index is 12.7. The van der Waals surface area contributed by atoms with Crippen molar-refractivity contribution in [2.24, 2.45) is 0 Å². The molecule has 1 aliphatic heterocycles. The van der Waals surface area contributed by atoms with E-state index >= 15 is 0 Å². The summed E-state index contributed by atoms with van der Waals surface area (Å²) in [7, 11) is 1.61. The first kappa shape index (κ1) is 21.1. The van der Waals surface area contributed by atoms with Crippen LogP contribution in [0.25, 0.3) is 16.3 Å². The van der Waals surface area contributed by atoms with Crippen molar-refractivity contribution >= 4 is 39.4 Å². The summed E-state index contributed by atoms with van der Waals surface area (Å²) < 4.78 is 6.44. The van der Waals surface area contributed by atoms with Crippen molar-refractivity contribution in [1.29, 1.82) is 0 Å². The first-order chi connectivity index (χ1) is 15.1. The molecule has 0 aliphatic carbocycles. The molecule has 0 spiro atoms. The van der Waals surface area contributed by atoms with Gasteiger partial charge in [-0.25, -0.2) is 4.98 Å². The van der Waals surface area contributed by atoms with Gasteiger partial charge in [0.05, 0.1) is 23.7 Å². The highest BCUT2D eigenvalue weighted by molar-refractivity contribution is 7.19. The number of thiazole rings is 1. The third-order valence-corrected chi connectivity index (χ3v) is 6.42. The minimum absolute atomic E-state index is 0.0721. The van der Waals surface area contributed by atoms with Crippen molar-refractivity contribution in [3.8, 4) is 5.75 Å². The number of para-hydroxylation sites is 2. The van der Waals surface area contributed by atoms with Gasteiger partial charge in [-0.2, -0.15) is 0 Å². The molecule has 6 nitrogen and oxygen atoms in total. The molecule has 2 aromatic carbocycles. The first-order valence-corrected chi connectivity index (χ1v) is 11.2. The van der Waals surface area contributed by atoms with E-state index in [9.17, 15) is 9.59 Å². The van der Waals surface area contributed by atoms with Crippen LogP contribution in [0.2, 0.25) is 0 Å². The molecule has 160 valence electrons. The average molecular weight is 436 g/mol. The van der Waals surface area contributed by atoms with E-state index in [1.807, 2.05) is 53.4 Å². The Morgan fingerprint density at radius 3 is 2.68 bits per heavy atom. The van der Waals surface area contributed by atoms with Crippen LogP contribution in [0.5, 0.6) is 5.75 Å². The second-order valence-electron chi connectivity index (χ2n) is 7.51. The Labute approximate surface area is 185 Å². The lowest BCUT2D eigenvalue weighted by atomic mass is 10.0. The van der Waals surface area contributed by atoms with Crippen molar-refractivity contribution in [3.05, 3.63) is 65.2 Å². The molecule has 1 aliphatic rings. The number of amides is 2. The van der Waals surface area contributed by atoms with E-state index in [4.69, 9.17) is 4.74 Å². The summed E-state index contributed by atoms with van der Waals surface area (Å²) >= 11 is 1.56. The molecule has 2 heterocycles. The number of nitrogens with zero attached hydrogens (tertiary/aromatic N) is 2. The number of hydrogen-bond donors (Lipinski definition) is 1. The van der Waals surface area contributed by atoms with Crippen LogP contribution in [0.15, 0.2) is 54.6 Å². The molecule has 1 aromatic heterocycles. The standard InChI is InChI=1S/C24H25N3O3S/c1-30-20-8-4-2-6-17(20)16-24(29)27-14-12-18(13-15-27)25-22(28)10-11-23-26-19-7-3-5-9-21(19)31-23/h2-11,18H,12-16H2,1H3,(H,25,28)/b11-10+. The molecule has 0 bridgehead atoms. The molecule has 1 fully saturated rings. The second-order valence-corrected chi connectivity index (χ2v) is 8.57. The van der Waals surface area contributed by atoms with E-state index in [1.54, 1.807) is 24.5 Å². The van der Waals surface area contributed by atoms with E-state index in [-0.39, 0.29) is 17.9 Å². The van der Waals surface area contributed by atoms with Crippen LogP contribution < -0.4 is 10.1 Å². The Morgan fingerprint density at radius 2 is 1.90 bits per heavy atom. The Balaban J connectivity index is 1.25. The quantitative estimate of drug-likeness (QED) is 0.600. The van der Waals surface area contributed by atoms with Gasteiger partial charge < -0.3 is 15.0 Å². The fraction of sp³-hybridized carbons (Fsp3) is 0.292. The largest absolute Gasteiger partial charge is 0.496 e. The maximum Gasteiger partial charge on any atom is 0.244 e. The van der Waals surface area contributed by atoms with E-state index < -0.39 is 0 Å². The van der Waals surface area contributed by atoms with Crippen LogP contribution in [-0.2, 0) is 16.0 Å². The average Bonchev–Trinajstić information content (AvgIpc) is 3.21. The fourth-order valence-electron chi connectivity index (χ4n) is 3.75. The number of ether oxygens (including phenoxy) is 1. The van der Waals surface area contributed by atoms with Crippen molar-refractivity contribution in [1.82, 2.24) is 15.2 Å². The zero-order chi connectivity index (χ0) is 21.6. The minimum atomic E-state index is -0.127. The number of benzene rings is 2. The SMILES string of the molecule is COc1ccccc1CC(=O)N1CCC(NC(=O)/C=C/c2nc3ccccc3s2)CC1. The second kappa shape index (κ2) is 9.75. The van der Waals surface area contributed by atoms with Gasteiger partial charge in [0.25, 0.3) is 0 Å². The van der Waals surface area contributed by atoms with Crippen molar-refractivity contribution in [2.45, 2.75) is 25.3 Å². The van der Waals surface area contributed by atoms with E-state index in [1.165, 1.54) is 6.08 Å². The van der Waals surface area contributed by atoms with Gasteiger partial charge in [-0.3, -0.25) is 9.59 Å². The summed E-state index contributed by atoms with van der Waals surface area (Å²) in [5, 5.41) is 3.86. The number of rotatable bonds is 6. The highest BCUT2D eigenvalue weighted by atomic mass is 32.1. The molecule has 7 heteroatoms. The topological polar surface area (TPSA) is 71.5 Å². The normalized spacial score (nSPS) is 14.8. The number of piperidine rings is 1. The molecule has 4 rings (SSSR count). The van der Waals surface area contributed by atoms with Crippen LogP contribution in [0.4, 0.5) is 0 Å². The Bertz CT molecular complexity index is 1070. The Morgan fingerprint density at radius 1 is 1.16 bits per heavy atom. The molecule has 3 aromatic rings. The van der Waals surface area contributed by atoms with Gasteiger partial charge in [-0.15, -0.1) is 11.3 Å². The van der Waals surface area contributed by atoms with E-state index in [2.05, 4.69) is 10.3 Å². The molecule has 2 amide bonds. The summed E-state index contributed by atoms with van der Waals surface area (Å²) in [6, 6.07) is 15.6. The number of carbonyl (C=O) groups is 2.